The summed E-state index contributed by atoms with van der Waals surface area (Å²) in [5, 5.41) is 8.74. The summed E-state index contributed by atoms with van der Waals surface area (Å²) in [5.41, 5.74) is 6.44. The monoisotopic (exact) mass is 749 g/mol. The van der Waals surface area contributed by atoms with Crippen LogP contribution in [0.1, 0.15) is 16.7 Å². The highest BCUT2D eigenvalue weighted by Crippen LogP contribution is 2.37. The van der Waals surface area contributed by atoms with E-state index in [4.69, 9.17) is 37.4 Å². The van der Waals surface area contributed by atoms with E-state index in [0.717, 1.165) is 26.9 Å². The van der Waals surface area contributed by atoms with Gasteiger partial charge in [0.1, 0.15) is 6.61 Å². The van der Waals surface area contributed by atoms with Gasteiger partial charge in [0, 0.05) is 33.2 Å². The van der Waals surface area contributed by atoms with Gasteiger partial charge in [-0.05, 0) is 86.3 Å². The smallest absolute Gasteiger partial charge is 0.250 e. The van der Waals surface area contributed by atoms with Gasteiger partial charge >= 0.3 is 0 Å². The van der Waals surface area contributed by atoms with E-state index in [-0.39, 0.29) is 12.6 Å². The second kappa shape index (κ2) is 14.5. The molecule has 43 heavy (non-hydrogen) atoms. The maximum atomic E-state index is 6.30. The average Bonchev–Trinajstić information content (AvgIpc) is 2.99. The summed E-state index contributed by atoms with van der Waals surface area (Å²) in [6, 6.07) is 14.9. The Hall–Kier alpha value is -3.16. The molecule has 3 aromatic carbocycles. The molecule has 1 saturated heterocycles. The Kier molecular flexibility index (Phi) is 10.6. The normalized spacial score (nSPS) is 13.3. The van der Waals surface area contributed by atoms with E-state index in [1.807, 2.05) is 48.2 Å². The molecule has 5 rings (SSSR count). The van der Waals surface area contributed by atoms with Crippen LogP contribution in [0.2, 0.25) is 10.0 Å². The number of hydrogen-bond donors (Lipinski definition) is 2. The third kappa shape index (κ3) is 8.27. The first-order valence-corrected chi connectivity index (χ1v) is 15.5. The molecule has 1 aliphatic rings. The van der Waals surface area contributed by atoms with Gasteiger partial charge < -0.3 is 24.4 Å². The summed E-state index contributed by atoms with van der Waals surface area (Å²) in [7, 11) is 1.57. The molecule has 0 radical (unpaired) electrons. The van der Waals surface area contributed by atoms with E-state index >= 15 is 0 Å². The number of methoxy groups -OCH3 is 1. The highest BCUT2D eigenvalue weighted by Gasteiger charge is 2.18. The highest BCUT2D eigenvalue weighted by atomic mass is 79.9. The first-order chi connectivity index (χ1) is 20.8. The zero-order chi connectivity index (χ0) is 30.3. The Morgan fingerprint density at radius 3 is 2.53 bits per heavy atom. The topological polar surface area (TPSA) is 106 Å². The van der Waals surface area contributed by atoms with E-state index in [0.29, 0.717) is 64.2 Å². The lowest BCUT2D eigenvalue weighted by atomic mass is 10.2. The summed E-state index contributed by atoms with van der Waals surface area (Å²) in [4.78, 5) is 15.8. The summed E-state index contributed by atoms with van der Waals surface area (Å²) in [5.74, 6) is 2.23. The minimum Gasteiger partial charge on any atom is -0.493 e. The Morgan fingerprint density at radius 1 is 1.00 bits per heavy atom. The van der Waals surface area contributed by atoms with Gasteiger partial charge in [0.25, 0.3) is 0 Å². The molecule has 224 valence electrons. The third-order valence-corrected chi connectivity index (χ3v) is 8.14. The minimum atomic E-state index is 0.236. The number of hydrazone groups is 1. The molecular formula is C29H27Br2Cl2N7O3. The van der Waals surface area contributed by atoms with Crippen LogP contribution in [0.5, 0.6) is 11.5 Å². The quantitative estimate of drug-likeness (QED) is 0.125. The zero-order valence-corrected chi connectivity index (χ0v) is 27.9. The van der Waals surface area contributed by atoms with Gasteiger partial charge in [-0.25, -0.2) is 5.43 Å². The Morgan fingerprint density at radius 2 is 1.79 bits per heavy atom. The van der Waals surface area contributed by atoms with Crippen LogP contribution in [0, 0.1) is 6.92 Å². The minimum absolute atomic E-state index is 0.236. The summed E-state index contributed by atoms with van der Waals surface area (Å²) in [6.07, 6.45) is 1.63. The molecule has 1 aromatic heterocycles. The fraction of sp³-hybridized carbons (Fsp3) is 0.241. The van der Waals surface area contributed by atoms with Crippen LogP contribution < -0.4 is 25.1 Å². The molecule has 1 aliphatic heterocycles. The highest BCUT2D eigenvalue weighted by molar-refractivity contribution is 9.11. The molecular weight excluding hydrogens is 725 g/mol. The van der Waals surface area contributed by atoms with Gasteiger partial charge in [-0.2, -0.15) is 20.1 Å². The molecule has 0 unspecified atom stereocenters. The van der Waals surface area contributed by atoms with Gasteiger partial charge in [-0.1, -0.05) is 35.3 Å². The number of rotatable bonds is 10. The number of nitrogens with zero attached hydrogens (tertiary/aromatic N) is 5. The van der Waals surface area contributed by atoms with Crippen molar-refractivity contribution in [2.45, 2.75) is 13.5 Å². The number of aryl methyl sites for hydroxylation is 1. The fourth-order valence-corrected chi connectivity index (χ4v) is 5.75. The van der Waals surface area contributed by atoms with Crippen LogP contribution in [0.4, 0.5) is 23.5 Å². The lowest BCUT2D eigenvalue weighted by Gasteiger charge is -2.27. The van der Waals surface area contributed by atoms with E-state index < -0.39 is 0 Å². The van der Waals surface area contributed by atoms with Gasteiger partial charge in [-0.15, -0.1) is 0 Å². The number of aromatic nitrogens is 3. The molecule has 0 atom stereocenters. The number of morpholine rings is 1. The molecule has 4 aromatic rings. The van der Waals surface area contributed by atoms with Gasteiger partial charge in [0.05, 0.1) is 36.7 Å². The van der Waals surface area contributed by atoms with Crippen molar-refractivity contribution in [2.75, 3.05) is 49.1 Å². The number of hydrogen-bond acceptors (Lipinski definition) is 10. The van der Waals surface area contributed by atoms with E-state index in [9.17, 15) is 0 Å². The molecule has 1 fully saturated rings. The standard InChI is InChI=1S/C29H27Br2Cl2N7O3/c1-17-3-6-24(21(30)11-17)35-27-36-28(38-29(37-27)40-7-9-42-10-8-40)39-34-15-18-12-22(31)26(25(13-18)41-2)43-16-19-4-5-20(32)14-23(19)33/h3-6,11-15H,7-10,16H2,1-2H3,(H2,35,36,37,38,39)/b34-15-. The van der Waals surface area contributed by atoms with E-state index in [1.165, 1.54) is 0 Å². The number of nitrogens with one attached hydrogen (secondary N) is 2. The maximum absolute atomic E-state index is 6.30. The molecule has 10 nitrogen and oxygen atoms in total. The lowest BCUT2D eigenvalue weighted by Crippen LogP contribution is -2.37. The molecule has 0 amide bonds. The van der Waals surface area contributed by atoms with Crippen LogP contribution >= 0.6 is 55.1 Å². The Bertz CT molecular complexity index is 1640. The Balaban J connectivity index is 1.34. The second-order valence-electron chi connectivity index (χ2n) is 9.42. The first-order valence-electron chi connectivity index (χ1n) is 13.1. The first kappa shape index (κ1) is 31.3. The largest absolute Gasteiger partial charge is 0.493 e. The van der Waals surface area contributed by atoms with Crippen LogP contribution in [0.25, 0.3) is 0 Å². The summed E-state index contributed by atoms with van der Waals surface area (Å²) >= 11 is 19.5. The SMILES string of the molecule is COc1cc(/C=N\Nc2nc(Nc3ccc(C)cc3Br)nc(N3CCOCC3)n2)cc(Br)c1OCc1ccc(Cl)cc1Cl. The predicted molar refractivity (Wildman–Crippen MR) is 178 cm³/mol. The molecule has 14 heteroatoms. The van der Waals surface area contributed by atoms with Crippen molar-refractivity contribution in [1.82, 2.24) is 15.0 Å². The van der Waals surface area contributed by atoms with Crippen molar-refractivity contribution in [1.29, 1.82) is 0 Å². The third-order valence-electron chi connectivity index (χ3n) is 6.31. The van der Waals surface area contributed by atoms with E-state index in [1.54, 1.807) is 25.5 Å². The van der Waals surface area contributed by atoms with Crippen LogP contribution in [0.15, 0.2) is 62.6 Å². The molecule has 2 N–H and O–H groups in total. The summed E-state index contributed by atoms with van der Waals surface area (Å²) < 4.78 is 18.7. The number of benzene rings is 3. The van der Waals surface area contributed by atoms with Crippen molar-refractivity contribution in [3.63, 3.8) is 0 Å². The van der Waals surface area contributed by atoms with Crippen LogP contribution in [0.3, 0.4) is 0 Å². The number of anilines is 4. The molecule has 2 heterocycles. The molecule has 0 spiro atoms. The summed E-state index contributed by atoms with van der Waals surface area (Å²) in [6.45, 7) is 4.81. The van der Waals surface area contributed by atoms with Crippen molar-refractivity contribution >= 4 is 84.8 Å². The second-order valence-corrected chi connectivity index (χ2v) is 12.0. The van der Waals surface area contributed by atoms with Crippen molar-refractivity contribution in [2.24, 2.45) is 5.10 Å². The zero-order valence-electron chi connectivity index (χ0n) is 23.2. The van der Waals surface area contributed by atoms with Crippen LogP contribution in [-0.2, 0) is 11.3 Å². The average molecular weight is 752 g/mol. The van der Waals surface area contributed by atoms with Crippen molar-refractivity contribution < 1.29 is 14.2 Å². The van der Waals surface area contributed by atoms with Crippen molar-refractivity contribution in [3.8, 4) is 11.5 Å². The van der Waals surface area contributed by atoms with Crippen LogP contribution in [-0.4, -0.2) is 54.6 Å². The van der Waals surface area contributed by atoms with Gasteiger partial charge in [0.15, 0.2) is 11.5 Å². The van der Waals surface area contributed by atoms with E-state index in [2.05, 4.69) is 62.7 Å². The van der Waals surface area contributed by atoms with Crippen molar-refractivity contribution in [3.05, 3.63) is 84.2 Å². The number of halogens is 4. The maximum Gasteiger partial charge on any atom is 0.250 e. The number of ether oxygens (including phenoxy) is 3. The molecule has 0 saturated carbocycles. The van der Waals surface area contributed by atoms with Gasteiger partial charge in [0.2, 0.25) is 17.8 Å². The molecule has 0 aliphatic carbocycles. The Labute approximate surface area is 276 Å². The van der Waals surface area contributed by atoms with Gasteiger partial charge in [-0.3, -0.25) is 0 Å². The fourth-order valence-electron chi connectivity index (χ4n) is 4.12. The lowest BCUT2D eigenvalue weighted by molar-refractivity contribution is 0.122. The predicted octanol–water partition coefficient (Wildman–Crippen LogP) is 7.63. The molecule has 0 bridgehead atoms.